The molecule has 2 aromatic rings. The van der Waals surface area contributed by atoms with Gasteiger partial charge in [-0.15, -0.1) is 0 Å². The van der Waals surface area contributed by atoms with Crippen LogP contribution in [0.1, 0.15) is 56.1 Å². The zero-order valence-corrected chi connectivity index (χ0v) is 15.4. The lowest BCUT2D eigenvalue weighted by atomic mass is 9.84. The minimum absolute atomic E-state index is 0.121. The zero-order chi connectivity index (χ0) is 18.2. The average Bonchev–Trinajstić information content (AvgIpc) is 2.69. The zero-order valence-electron chi connectivity index (χ0n) is 15.4. The van der Waals surface area contributed by atoms with Gasteiger partial charge in [-0.2, -0.15) is 0 Å². The fraction of sp³-hybridized carbons (Fsp3) is 0.348. The Hall–Kier alpha value is -2.55. The first-order valence-electron chi connectivity index (χ1n) is 9.56. The highest BCUT2D eigenvalue weighted by Gasteiger charge is 2.15. The van der Waals surface area contributed by atoms with E-state index >= 15 is 0 Å². The lowest BCUT2D eigenvalue weighted by Gasteiger charge is -2.22. The summed E-state index contributed by atoms with van der Waals surface area (Å²) in [6.07, 6.45) is 9.98. The minimum atomic E-state index is -0.121. The molecule has 0 bridgehead atoms. The molecule has 0 spiro atoms. The quantitative estimate of drug-likeness (QED) is 0.671. The maximum atomic E-state index is 12.1. The molecule has 1 aliphatic rings. The highest BCUT2D eigenvalue weighted by Crippen LogP contribution is 2.32. The highest BCUT2D eigenvalue weighted by molar-refractivity contribution is 6.01. The molecule has 3 rings (SSSR count). The Morgan fingerprint density at radius 3 is 2.38 bits per heavy atom. The largest absolute Gasteiger partial charge is 0.494 e. The molecule has 0 aliphatic heterocycles. The highest BCUT2D eigenvalue weighted by atomic mass is 16.5. The third-order valence-electron chi connectivity index (χ3n) is 4.87. The molecule has 0 atom stereocenters. The molecular weight excluding hydrogens is 322 g/mol. The van der Waals surface area contributed by atoms with Crippen LogP contribution in [-0.2, 0) is 4.79 Å². The van der Waals surface area contributed by atoms with Crippen LogP contribution in [-0.4, -0.2) is 12.5 Å². The van der Waals surface area contributed by atoms with Crippen LogP contribution in [0.4, 0.5) is 5.69 Å². The van der Waals surface area contributed by atoms with E-state index in [2.05, 4.69) is 17.4 Å². The van der Waals surface area contributed by atoms with Gasteiger partial charge in [0.1, 0.15) is 5.75 Å². The molecule has 0 aromatic heterocycles. The number of ether oxygens (including phenoxy) is 1. The Morgan fingerprint density at radius 2 is 1.73 bits per heavy atom. The molecule has 3 nitrogen and oxygen atoms in total. The van der Waals surface area contributed by atoms with Crippen molar-refractivity contribution in [2.45, 2.75) is 44.9 Å². The Morgan fingerprint density at radius 1 is 1.04 bits per heavy atom. The molecule has 136 valence electrons. The maximum absolute atomic E-state index is 12.1. The van der Waals surface area contributed by atoms with Gasteiger partial charge in [0.2, 0.25) is 5.91 Å². The number of anilines is 1. The first kappa shape index (κ1) is 18.2. The van der Waals surface area contributed by atoms with Gasteiger partial charge >= 0.3 is 0 Å². The fourth-order valence-electron chi connectivity index (χ4n) is 3.47. The second-order valence-electron chi connectivity index (χ2n) is 6.78. The van der Waals surface area contributed by atoms with E-state index in [0.29, 0.717) is 12.5 Å². The van der Waals surface area contributed by atoms with Crippen molar-refractivity contribution in [2.24, 2.45) is 0 Å². The predicted octanol–water partition coefficient (Wildman–Crippen LogP) is 5.78. The lowest BCUT2D eigenvalue weighted by Crippen LogP contribution is -2.08. The van der Waals surface area contributed by atoms with Crippen molar-refractivity contribution in [1.29, 1.82) is 0 Å². The maximum Gasteiger partial charge on any atom is 0.248 e. The molecule has 0 radical (unpaired) electrons. The van der Waals surface area contributed by atoms with Crippen LogP contribution in [0.15, 0.2) is 54.6 Å². The smallest absolute Gasteiger partial charge is 0.248 e. The monoisotopic (exact) mass is 349 g/mol. The van der Waals surface area contributed by atoms with E-state index in [1.165, 1.54) is 37.7 Å². The van der Waals surface area contributed by atoms with E-state index in [1.807, 2.05) is 43.3 Å². The SMILES string of the molecule is CCOc1ccc(/C=C/C(=O)Nc2ccc(C3CCCCC3)cc2)cc1. The van der Waals surface area contributed by atoms with Crippen molar-refractivity contribution < 1.29 is 9.53 Å². The molecule has 0 saturated heterocycles. The molecule has 3 heteroatoms. The molecule has 1 amide bonds. The number of carbonyl (C=O) groups is 1. The number of hydrogen-bond acceptors (Lipinski definition) is 2. The standard InChI is InChI=1S/C23H27NO2/c1-2-26-22-15-8-18(9-16-22)10-17-23(25)24-21-13-11-20(12-14-21)19-6-4-3-5-7-19/h8-17,19H,2-7H2,1H3,(H,24,25)/b17-10+. The normalized spacial score (nSPS) is 15.1. The van der Waals surface area contributed by atoms with Gasteiger partial charge in [-0.1, -0.05) is 43.5 Å². The summed E-state index contributed by atoms with van der Waals surface area (Å²) >= 11 is 0. The van der Waals surface area contributed by atoms with Crippen molar-refractivity contribution in [3.8, 4) is 5.75 Å². The van der Waals surface area contributed by atoms with Crippen molar-refractivity contribution >= 4 is 17.7 Å². The number of rotatable bonds is 6. The summed E-state index contributed by atoms with van der Waals surface area (Å²) in [6, 6.07) is 16.0. The summed E-state index contributed by atoms with van der Waals surface area (Å²) in [6.45, 7) is 2.61. The third kappa shape index (κ3) is 5.22. The minimum Gasteiger partial charge on any atom is -0.494 e. The van der Waals surface area contributed by atoms with E-state index in [9.17, 15) is 4.79 Å². The van der Waals surface area contributed by atoms with Gasteiger partial charge in [0, 0.05) is 11.8 Å². The van der Waals surface area contributed by atoms with E-state index in [-0.39, 0.29) is 5.91 Å². The predicted molar refractivity (Wildman–Crippen MR) is 108 cm³/mol. The Balaban J connectivity index is 1.53. The van der Waals surface area contributed by atoms with Gasteiger partial charge < -0.3 is 10.1 Å². The van der Waals surface area contributed by atoms with Crippen LogP contribution >= 0.6 is 0 Å². The molecular formula is C23H27NO2. The Labute approximate surface area is 156 Å². The first-order valence-corrected chi connectivity index (χ1v) is 9.56. The molecule has 0 heterocycles. The fourth-order valence-corrected chi connectivity index (χ4v) is 3.47. The number of hydrogen-bond donors (Lipinski definition) is 1. The molecule has 1 saturated carbocycles. The summed E-state index contributed by atoms with van der Waals surface area (Å²) < 4.78 is 5.42. The molecule has 1 N–H and O–H groups in total. The van der Waals surface area contributed by atoms with Gasteiger partial charge in [0.05, 0.1) is 6.61 Å². The summed E-state index contributed by atoms with van der Waals surface area (Å²) in [5.74, 6) is 1.41. The van der Waals surface area contributed by atoms with Crippen molar-refractivity contribution in [3.63, 3.8) is 0 Å². The molecule has 1 fully saturated rings. The van der Waals surface area contributed by atoms with Crippen LogP contribution in [0.2, 0.25) is 0 Å². The van der Waals surface area contributed by atoms with Crippen LogP contribution < -0.4 is 10.1 Å². The third-order valence-corrected chi connectivity index (χ3v) is 4.87. The van der Waals surface area contributed by atoms with E-state index in [4.69, 9.17) is 4.74 Å². The molecule has 26 heavy (non-hydrogen) atoms. The topological polar surface area (TPSA) is 38.3 Å². The molecule has 1 aliphatic carbocycles. The Kier molecular flexibility index (Phi) is 6.48. The lowest BCUT2D eigenvalue weighted by molar-refractivity contribution is -0.111. The van der Waals surface area contributed by atoms with E-state index in [0.717, 1.165) is 17.0 Å². The van der Waals surface area contributed by atoms with Crippen LogP contribution in [0.5, 0.6) is 5.75 Å². The average molecular weight is 349 g/mol. The van der Waals surface area contributed by atoms with Crippen LogP contribution in [0, 0.1) is 0 Å². The number of benzene rings is 2. The summed E-state index contributed by atoms with van der Waals surface area (Å²) in [4.78, 5) is 12.1. The van der Waals surface area contributed by atoms with Crippen molar-refractivity contribution in [3.05, 3.63) is 65.7 Å². The number of carbonyl (C=O) groups excluding carboxylic acids is 1. The van der Waals surface area contributed by atoms with Crippen molar-refractivity contribution in [1.82, 2.24) is 0 Å². The van der Waals surface area contributed by atoms with E-state index < -0.39 is 0 Å². The van der Waals surface area contributed by atoms with E-state index in [1.54, 1.807) is 12.2 Å². The second kappa shape index (κ2) is 9.23. The van der Waals surface area contributed by atoms with Gasteiger partial charge in [-0.25, -0.2) is 0 Å². The van der Waals surface area contributed by atoms with Gasteiger partial charge in [0.15, 0.2) is 0 Å². The van der Waals surface area contributed by atoms with Gasteiger partial charge in [0.25, 0.3) is 0 Å². The first-order chi connectivity index (χ1) is 12.7. The summed E-state index contributed by atoms with van der Waals surface area (Å²) in [5.41, 5.74) is 3.20. The number of amides is 1. The van der Waals surface area contributed by atoms with Crippen LogP contribution in [0.25, 0.3) is 6.08 Å². The van der Waals surface area contributed by atoms with Crippen LogP contribution in [0.3, 0.4) is 0 Å². The van der Waals surface area contributed by atoms with Gasteiger partial charge in [-0.05, 0) is 67.2 Å². The molecule has 2 aromatic carbocycles. The Bertz CT molecular complexity index is 726. The van der Waals surface area contributed by atoms with Gasteiger partial charge in [-0.3, -0.25) is 4.79 Å². The second-order valence-corrected chi connectivity index (χ2v) is 6.78. The molecule has 0 unspecified atom stereocenters. The summed E-state index contributed by atoms with van der Waals surface area (Å²) in [7, 11) is 0. The van der Waals surface area contributed by atoms with Crippen molar-refractivity contribution in [2.75, 3.05) is 11.9 Å². The summed E-state index contributed by atoms with van der Waals surface area (Å²) in [5, 5.41) is 2.92. The number of nitrogens with one attached hydrogen (secondary N) is 1.